The van der Waals surface area contributed by atoms with Crippen molar-refractivity contribution >= 4 is 195 Å². The average molecular weight is 1210 g/mol. The van der Waals surface area contributed by atoms with Crippen molar-refractivity contribution in [2.45, 2.75) is 20.3 Å². The second-order valence-corrected chi connectivity index (χ2v) is 26.8. The minimum atomic E-state index is -0.370. The predicted molar refractivity (Wildman–Crippen MR) is 357 cm³/mol. The first-order valence-corrected chi connectivity index (χ1v) is 32.0. The van der Waals surface area contributed by atoms with E-state index in [0.717, 1.165) is 91.5 Å². The van der Waals surface area contributed by atoms with Gasteiger partial charge in [-0.05, 0) is 149 Å². The molecule has 0 bridgehead atoms. The zero-order valence-corrected chi connectivity index (χ0v) is 51.4. The van der Waals surface area contributed by atoms with Crippen LogP contribution in [0.4, 0.5) is 15.0 Å². The molecule has 1 amide bonds. The Morgan fingerprint density at radius 2 is 1.21 bits per heavy atom. The molecule has 1 fully saturated rings. The molecule has 0 radical (unpaired) electrons. The number of thiophene rings is 6. The van der Waals surface area contributed by atoms with Crippen LogP contribution in [0.1, 0.15) is 39.9 Å². The van der Waals surface area contributed by atoms with Crippen molar-refractivity contribution in [2.24, 2.45) is 0 Å². The molecule has 1 N–H and O–H groups in total. The molecule has 19 heteroatoms. The Hall–Kier alpha value is -7.50. The van der Waals surface area contributed by atoms with Gasteiger partial charge in [-0.15, -0.1) is 79.4 Å². The number of hydrogen-bond donors (Lipinski definition) is 1. The molecule has 4 aromatic carbocycles. The first-order chi connectivity index (χ1) is 39.9. The lowest BCUT2D eigenvalue weighted by atomic mass is 10.2. The molecular formula is C63H55N9O3S7. The van der Waals surface area contributed by atoms with E-state index in [1.54, 1.807) is 81.2 Å². The molecule has 12 nitrogen and oxygen atoms in total. The van der Waals surface area contributed by atoms with E-state index in [0.29, 0.717) is 25.4 Å². The normalized spacial score (nSPS) is 13.0. The van der Waals surface area contributed by atoms with Gasteiger partial charge in [-0.25, -0.2) is 26.1 Å². The number of para-hydroxylation sites is 1. The Balaban J connectivity index is 0.000000140. The molecule has 0 aliphatic carbocycles. The minimum absolute atomic E-state index is 0.0871. The van der Waals surface area contributed by atoms with Crippen LogP contribution in [0.3, 0.4) is 0 Å². The van der Waals surface area contributed by atoms with Crippen LogP contribution in [0.2, 0.25) is 0 Å². The molecule has 0 atom stereocenters. The summed E-state index contributed by atoms with van der Waals surface area (Å²) in [5, 5.41) is 14.6. The summed E-state index contributed by atoms with van der Waals surface area (Å²) in [6.07, 6.45) is 6.74. The van der Waals surface area contributed by atoms with Crippen LogP contribution in [-0.4, -0.2) is 91.2 Å². The van der Waals surface area contributed by atoms with Gasteiger partial charge in [0.25, 0.3) is 5.70 Å². The second-order valence-electron chi connectivity index (χ2n) is 19.2. The second kappa shape index (κ2) is 26.6. The number of aromatic nitrogens is 1. The molecule has 7 aromatic heterocycles. The highest BCUT2D eigenvalue weighted by atomic mass is 32.1. The number of thiazole rings is 1. The number of anilines is 3. The lowest BCUT2D eigenvalue weighted by Crippen LogP contribution is -2.35. The summed E-state index contributed by atoms with van der Waals surface area (Å²) in [6, 6.07) is 34.5. The van der Waals surface area contributed by atoms with Gasteiger partial charge < -0.3 is 34.3 Å². The number of amides is 1. The molecule has 1 aliphatic rings. The van der Waals surface area contributed by atoms with Gasteiger partial charge in [0.05, 0.1) is 71.3 Å². The van der Waals surface area contributed by atoms with E-state index in [4.69, 9.17) is 35.8 Å². The van der Waals surface area contributed by atoms with Crippen LogP contribution >= 0.6 is 79.4 Å². The first kappa shape index (κ1) is 57.7. The fourth-order valence-electron chi connectivity index (χ4n) is 9.17. The molecule has 0 spiro atoms. The molecular weight excluding hydrogens is 1160 g/mol. The van der Waals surface area contributed by atoms with Gasteiger partial charge >= 0.3 is 0 Å². The number of methoxy groups -OCH3 is 1. The van der Waals surface area contributed by atoms with Gasteiger partial charge in [0.2, 0.25) is 18.1 Å². The summed E-state index contributed by atoms with van der Waals surface area (Å²) < 4.78 is 19.0. The molecule has 1 aliphatic heterocycles. The quantitative estimate of drug-likeness (QED) is 0.0621. The van der Waals surface area contributed by atoms with Crippen molar-refractivity contribution in [1.82, 2.24) is 10.3 Å². The number of carbonyl (C=O) groups is 1. The molecule has 0 saturated carbocycles. The molecule has 82 heavy (non-hydrogen) atoms. The van der Waals surface area contributed by atoms with Gasteiger partial charge in [-0.1, -0.05) is 19.1 Å². The Bertz CT molecular complexity index is 4230. The first-order valence-electron chi connectivity index (χ1n) is 26.3. The number of nitrogens with zero attached hydrogens (tertiary/aromatic N) is 8. The fourth-order valence-corrected chi connectivity index (χ4v) is 16.7. The van der Waals surface area contributed by atoms with Gasteiger partial charge in [-0.3, -0.25) is 4.79 Å². The van der Waals surface area contributed by atoms with Crippen molar-refractivity contribution in [3.05, 3.63) is 174 Å². The number of morpholine rings is 1. The van der Waals surface area contributed by atoms with Crippen LogP contribution in [0, 0.1) is 26.3 Å². The number of nitrogens with one attached hydrogen (secondary N) is 1. The molecule has 0 unspecified atom stereocenters. The topological polar surface area (TPSA) is 87.6 Å². The highest BCUT2D eigenvalue weighted by Gasteiger charge is 2.17. The largest absolute Gasteiger partial charge is 0.383 e. The number of allylic oxidation sites excluding steroid dienone is 1. The van der Waals surface area contributed by atoms with Gasteiger partial charge in [0.1, 0.15) is 5.01 Å². The lowest BCUT2D eigenvalue weighted by Gasteiger charge is -2.27. The number of hydrogen-bond acceptors (Lipinski definition) is 14. The summed E-state index contributed by atoms with van der Waals surface area (Å²) in [7, 11) is 5.77. The Morgan fingerprint density at radius 3 is 1.77 bits per heavy atom. The van der Waals surface area contributed by atoms with Crippen LogP contribution in [0.25, 0.3) is 114 Å². The standard InChI is InChI=1S/C24H16N4S3.C21H21N3O3S2.C18H18N2S2/c1-25-8-9-28(3)23-12-16-10-15-11-17(29-21(15)14-22(16)30-23)13-19(26-2)24-27-18-6-4-5-7-20(18)31-24;1-22-17(21(25)23-3-6-26-2)12-16-10-14-9-15-11-20(24-4-7-27-8-5-24)29-19(15)13-18(14)28-16;1-5-6-20(4)18-10-14-8-13-9-15(7-12(2)19-3)21-16(13)11-17(14)22-18/h4-7,10-14H,8-9H2,3H3;9-13H,3-8H2,2H3,(H,23,25);7-11H,5-6H2,1-2,4H3/b19-13-;17-12-;12-7-. The van der Waals surface area contributed by atoms with E-state index in [1.165, 1.54) is 65.4 Å². The van der Waals surface area contributed by atoms with Gasteiger partial charge in [-0.2, -0.15) is 0 Å². The van der Waals surface area contributed by atoms with Gasteiger partial charge in [0, 0.05) is 90.2 Å². The Morgan fingerprint density at radius 1 is 0.659 bits per heavy atom. The lowest BCUT2D eigenvalue weighted by molar-refractivity contribution is -0.117. The monoisotopic (exact) mass is 1210 g/mol. The molecule has 12 rings (SSSR count). The van der Waals surface area contributed by atoms with Crippen molar-refractivity contribution in [2.75, 3.05) is 95.0 Å². The summed E-state index contributed by atoms with van der Waals surface area (Å²) in [5.41, 5.74) is 2.34. The number of fused-ring (bicyclic) bond motifs is 7. The fraction of sp³-hybridized carbons (Fsp3) is 0.238. The zero-order chi connectivity index (χ0) is 57.3. The number of carbonyl (C=O) groups excluding carboxylic acids is 1. The van der Waals surface area contributed by atoms with Crippen LogP contribution < -0.4 is 20.0 Å². The summed E-state index contributed by atoms with van der Waals surface area (Å²) in [5.74, 6) is -0.370. The third-order valence-electron chi connectivity index (χ3n) is 13.3. The number of rotatable bonds is 15. The highest BCUT2D eigenvalue weighted by Crippen LogP contribution is 2.42. The SMILES string of the molecule is [C-]#[N+]/C(=C\c1cc2cc3cc(N4CCOCC4)sc3cc2s1)C(=O)NCCOC.[C-]#[N+]/C(C)=C\c1cc2cc3cc(N(C)CCC)sc3cc2s1.[C-]#[N+]CCN(C)c1cc2cc3cc(/C=C(\[N+]#[C-])c4nc5ccccc5s4)sc3cc2s1. The number of benzene rings is 4. The number of ether oxygens (including phenoxy) is 2. The molecule has 1 saturated heterocycles. The molecule has 11 aromatic rings. The van der Waals surface area contributed by atoms with E-state index in [1.807, 2.05) is 67.8 Å². The maximum Gasteiger partial charge on any atom is 0.251 e. The highest BCUT2D eigenvalue weighted by molar-refractivity contribution is 7.25. The van der Waals surface area contributed by atoms with Crippen molar-refractivity contribution in [3.8, 4) is 0 Å². The third-order valence-corrected chi connectivity index (χ3v) is 21.1. The summed E-state index contributed by atoms with van der Waals surface area (Å²) in [6.45, 7) is 39.6. The molecule has 412 valence electrons. The number of likely N-dealkylation sites (N-methyl/N-ethyl adjacent to an activating group) is 1. The zero-order valence-electron chi connectivity index (χ0n) is 45.7. The Kier molecular flexibility index (Phi) is 18.7. The summed E-state index contributed by atoms with van der Waals surface area (Å²) >= 11 is 12.0. The minimum Gasteiger partial charge on any atom is -0.383 e. The predicted octanol–water partition coefficient (Wildman–Crippen LogP) is 17.7. The van der Waals surface area contributed by atoms with Crippen LogP contribution in [0.5, 0.6) is 0 Å². The summed E-state index contributed by atoms with van der Waals surface area (Å²) in [4.78, 5) is 40.8. The van der Waals surface area contributed by atoms with Crippen molar-refractivity contribution in [3.63, 3.8) is 0 Å². The van der Waals surface area contributed by atoms with Crippen LogP contribution in [-0.2, 0) is 14.3 Å². The van der Waals surface area contributed by atoms with Crippen molar-refractivity contribution < 1.29 is 14.3 Å². The maximum absolute atomic E-state index is 12.2. The average Bonchev–Trinajstić information content (AvgIpc) is 4.58. The van der Waals surface area contributed by atoms with E-state index in [9.17, 15) is 4.79 Å². The van der Waals surface area contributed by atoms with E-state index >= 15 is 0 Å². The van der Waals surface area contributed by atoms with E-state index in [2.05, 4.69) is 125 Å². The maximum atomic E-state index is 12.2. The van der Waals surface area contributed by atoms with Crippen LogP contribution in [0.15, 0.2) is 108 Å². The van der Waals surface area contributed by atoms with E-state index in [-0.39, 0.29) is 11.6 Å². The molecule has 8 heterocycles. The Labute approximate surface area is 504 Å². The van der Waals surface area contributed by atoms with E-state index < -0.39 is 0 Å². The third kappa shape index (κ3) is 13.5. The van der Waals surface area contributed by atoms with Crippen molar-refractivity contribution in [1.29, 1.82) is 0 Å². The smallest absolute Gasteiger partial charge is 0.251 e. The van der Waals surface area contributed by atoms with Gasteiger partial charge in [0.15, 0.2) is 5.70 Å².